The van der Waals surface area contributed by atoms with Gasteiger partial charge in [0.05, 0.1) is 25.5 Å². The van der Waals surface area contributed by atoms with Crippen molar-refractivity contribution in [2.24, 2.45) is 5.16 Å². The molecule has 0 aliphatic carbocycles. The van der Waals surface area contributed by atoms with Crippen molar-refractivity contribution in [3.63, 3.8) is 0 Å². The van der Waals surface area contributed by atoms with Gasteiger partial charge in [-0.3, -0.25) is 0 Å². The second-order valence-electron chi connectivity index (χ2n) is 4.48. The molecule has 0 aliphatic heterocycles. The molecule has 7 heteroatoms. The van der Waals surface area contributed by atoms with E-state index in [2.05, 4.69) is 21.1 Å². The summed E-state index contributed by atoms with van der Waals surface area (Å²) in [6.45, 7) is 0.0244. The van der Waals surface area contributed by atoms with Gasteiger partial charge < -0.3 is 14.3 Å². The van der Waals surface area contributed by atoms with E-state index in [0.717, 1.165) is 0 Å². The van der Waals surface area contributed by atoms with Crippen LogP contribution in [-0.4, -0.2) is 20.4 Å². The van der Waals surface area contributed by atoms with Crippen LogP contribution in [0.1, 0.15) is 11.1 Å². The van der Waals surface area contributed by atoms with Gasteiger partial charge in [-0.15, -0.1) is 0 Å². The van der Waals surface area contributed by atoms with Crippen LogP contribution in [0.5, 0.6) is 11.5 Å². The molecule has 0 spiro atoms. The fourth-order valence-electron chi connectivity index (χ4n) is 1.86. The molecular weight excluding hydrogens is 389 g/mol. The summed E-state index contributed by atoms with van der Waals surface area (Å²) < 4.78 is 24.6. The lowest BCUT2D eigenvalue weighted by atomic mass is 10.2. The molecule has 0 saturated carbocycles. The summed E-state index contributed by atoms with van der Waals surface area (Å²) in [7, 11) is 3.02. The van der Waals surface area contributed by atoms with Crippen molar-refractivity contribution in [1.82, 2.24) is 0 Å². The van der Waals surface area contributed by atoms with Crippen molar-refractivity contribution >= 4 is 33.7 Å². The third-order valence-electron chi connectivity index (χ3n) is 2.97. The number of halogens is 3. The second-order valence-corrected chi connectivity index (χ2v) is 5.80. The van der Waals surface area contributed by atoms with Crippen LogP contribution < -0.4 is 9.47 Å². The highest BCUT2D eigenvalue weighted by atomic mass is 79.9. The van der Waals surface area contributed by atoms with Crippen LogP contribution in [-0.2, 0) is 11.4 Å². The first-order valence-corrected chi connectivity index (χ1v) is 7.73. The van der Waals surface area contributed by atoms with Gasteiger partial charge in [0.1, 0.15) is 12.4 Å². The van der Waals surface area contributed by atoms with Crippen molar-refractivity contribution < 1.29 is 18.7 Å². The largest absolute Gasteiger partial charge is 0.493 e. The first-order valence-electron chi connectivity index (χ1n) is 6.56. The average molecular weight is 403 g/mol. The van der Waals surface area contributed by atoms with E-state index in [1.165, 1.54) is 26.5 Å². The summed E-state index contributed by atoms with van der Waals surface area (Å²) in [5.74, 6) is 0.577. The molecule has 0 aromatic heterocycles. The van der Waals surface area contributed by atoms with Gasteiger partial charge in [0.25, 0.3) is 0 Å². The summed E-state index contributed by atoms with van der Waals surface area (Å²) >= 11 is 9.29. The van der Waals surface area contributed by atoms with Crippen LogP contribution in [0.25, 0.3) is 0 Å². The lowest BCUT2D eigenvalue weighted by molar-refractivity contribution is 0.129. The summed E-state index contributed by atoms with van der Waals surface area (Å²) in [6.07, 6.45) is 1.46. The van der Waals surface area contributed by atoms with E-state index in [1.54, 1.807) is 24.3 Å². The standard InChI is InChI=1S/C16H14BrClFNO3/c1-21-15-6-10(5-13(18)16(15)22-2)8-20-23-9-11-3-4-12(17)7-14(11)19/h3-8H,9H2,1-2H3/b20-8-. The smallest absolute Gasteiger partial charge is 0.179 e. The zero-order valence-electron chi connectivity index (χ0n) is 12.5. The van der Waals surface area contributed by atoms with Gasteiger partial charge in [-0.05, 0) is 24.3 Å². The molecule has 122 valence electrons. The Bertz CT molecular complexity index is 725. The first-order chi connectivity index (χ1) is 11.0. The number of rotatable bonds is 6. The molecule has 0 unspecified atom stereocenters. The lowest BCUT2D eigenvalue weighted by Gasteiger charge is -2.09. The molecule has 0 bridgehead atoms. The van der Waals surface area contributed by atoms with Crippen LogP contribution in [0.15, 0.2) is 40.0 Å². The van der Waals surface area contributed by atoms with E-state index in [0.29, 0.717) is 32.1 Å². The number of benzene rings is 2. The zero-order chi connectivity index (χ0) is 16.8. The molecule has 0 aliphatic rings. The number of methoxy groups -OCH3 is 2. The van der Waals surface area contributed by atoms with Crippen molar-refractivity contribution in [3.05, 3.63) is 56.8 Å². The summed E-state index contributed by atoms with van der Waals surface area (Å²) in [6, 6.07) is 8.10. The Labute approximate surface area is 146 Å². The van der Waals surface area contributed by atoms with E-state index < -0.39 is 0 Å². The molecule has 0 heterocycles. The van der Waals surface area contributed by atoms with E-state index in [4.69, 9.17) is 25.9 Å². The van der Waals surface area contributed by atoms with E-state index in [-0.39, 0.29) is 12.4 Å². The maximum atomic E-state index is 13.6. The van der Waals surface area contributed by atoms with Gasteiger partial charge in [0, 0.05) is 15.6 Å². The minimum absolute atomic E-state index is 0.0244. The van der Waals surface area contributed by atoms with Gasteiger partial charge in [0.2, 0.25) is 0 Å². The van der Waals surface area contributed by atoms with Crippen molar-refractivity contribution in [1.29, 1.82) is 0 Å². The van der Waals surface area contributed by atoms with Crippen molar-refractivity contribution in [2.45, 2.75) is 6.61 Å². The normalized spacial score (nSPS) is 10.8. The Hall–Kier alpha value is -1.79. The molecule has 4 nitrogen and oxygen atoms in total. The molecule has 2 aromatic carbocycles. The van der Waals surface area contributed by atoms with Gasteiger partial charge >= 0.3 is 0 Å². The molecule has 0 saturated heterocycles. The number of ether oxygens (including phenoxy) is 2. The predicted octanol–water partition coefficient (Wildman–Crippen LogP) is 4.81. The van der Waals surface area contributed by atoms with Gasteiger partial charge in [0.15, 0.2) is 11.5 Å². The number of nitrogens with zero attached hydrogens (tertiary/aromatic N) is 1. The summed E-state index contributed by atoms with van der Waals surface area (Å²) in [4.78, 5) is 5.11. The number of hydrogen-bond acceptors (Lipinski definition) is 4. The van der Waals surface area contributed by atoms with Crippen molar-refractivity contribution in [2.75, 3.05) is 14.2 Å². The SMILES string of the molecule is COc1cc(/C=N\OCc2ccc(Br)cc2F)cc(Cl)c1OC. The highest BCUT2D eigenvalue weighted by Crippen LogP contribution is 2.35. The van der Waals surface area contributed by atoms with Gasteiger partial charge in [-0.1, -0.05) is 38.8 Å². The predicted molar refractivity (Wildman–Crippen MR) is 91.0 cm³/mol. The minimum Gasteiger partial charge on any atom is -0.493 e. The Morgan fingerprint density at radius 1 is 1.22 bits per heavy atom. The zero-order valence-corrected chi connectivity index (χ0v) is 14.8. The van der Waals surface area contributed by atoms with Gasteiger partial charge in [-0.2, -0.15) is 0 Å². The minimum atomic E-state index is -0.358. The molecule has 23 heavy (non-hydrogen) atoms. The number of hydrogen-bond donors (Lipinski definition) is 0. The maximum absolute atomic E-state index is 13.6. The fraction of sp³-hybridized carbons (Fsp3) is 0.188. The maximum Gasteiger partial charge on any atom is 0.179 e. The fourth-order valence-corrected chi connectivity index (χ4v) is 2.49. The highest BCUT2D eigenvalue weighted by molar-refractivity contribution is 9.10. The second kappa shape index (κ2) is 8.17. The monoisotopic (exact) mass is 401 g/mol. The highest BCUT2D eigenvalue weighted by Gasteiger charge is 2.10. The molecule has 0 atom stereocenters. The van der Waals surface area contributed by atoms with Crippen LogP contribution in [0.4, 0.5) is 4.39 Å². The van der Waals surface area contributed by atoms with E-state index in [1.807, 2.05) is 0 Å². The van der Waals surface area contributed by atoms with E-state index in [9.17, 15) is 4.39 Å². The Balaban J connectivity index is 2.04. The first kappa shape index (κ1) is 17.6. The number of oxime groups is 1. The molecule has 0 N–H and O–H groups in total. The van der Waals surface area contributed by atoms with Crippen LogP contribution >= 0.6 is 27.5 Å². The van der Waals surface area contributed by atoms with E-state index >= 15 is 0 Å². The van der Waals surface area contributed by atoms with Crippen LogP contribution in [0, 0.1) is 5.82 Å². The Morgan fingerprint density at radius 2 is 2.00 bits per heavy atom. The third kappa shape index (κ3) is 4.59. The summed E-state index contributed by atoms with van der Waals surface area (Å²) in [5.41, 5.74) is 1.08. The molecule has 2 rings (SSSR count). The molecule has 2 aromatic rings. The quantitative estimate of drug-likeness (QED) is 0.514. The molecule has 0 radical (unpaired) electrons. The Kier molecular flexibility index (Phi) is 6.24. The van der Waals surface area contributed by atoms with Crippen LogP contribution in [0.2, 0.25) is 5.02 Å². The van der Waals surface area contributed by atoms with Crippen molar-refractivity contribution in [3.8, 4) is 11.5 Å². The molecule has 0 fully saturated rings. The molecule has 0 amide bonds. The van der Waals surface area contributed by atoms with Crippen LogP contribution in [0.3, 0.4) is 0 Å². The lowest BCUT2D eigenvalue weighted by Crippen LogP contribution is -1.95. The van der Waals surface area contributed by atoms with Gasteiger partial charge in [-0.25, -0.2) is 4.39 Å². The summed E-state index contributed by atoms with van der Waals surface area (Å²) in [5, 5.41) is 4.21. The topological polar surface area (TPSA) is 40.0 Å². The Morgan fingerprint density at radius 3 is 2.65 bits per heavy atom. The average Bonchev–Trinajstić information content (AvgIpc) is 2.52. The molecular formula is C16H14BrClFNO3. The third-order valence-corrected chi connectivity index (χ3v) is 3.74.